The highest BCUT2D eigenvalue weighted by atomic mass is 35.5. The molecule has 0 bridgehead atoms. The van der Waals surface area contributed by atoms with Crippen LogP contribution < -0.4 is 0 Å². The first-order valence-electron chi connectivity index (χ1n) is 4.16. The van der Waals surface area contributed by atoms with Gasteiger partial charge in [-0.2, -0.15) is 0 Å². The van der Waals surface area contributed by atoms with Gasteiger partial charge in [0.2, 0.25) is 0 Å². The van der Waals surface area contributed by atoms with E-state index in [-0.39, 0.29) is 23.0 Å². The van der Waals surface area contributed by atoms with Crippen LogP contribution in [-0.4, -0.2) is 11.2 Å². The molecule has 0 N–H and O–H groups in total. The Bertz CT molecular complexity index is 297. The lowest BCUT2D eigenvalue weighted by Crippen LogP contribution is -2.46. The van der Waals surface area contributed by atoms with E-state index in [1.54, 1.807) is 0 Å². The summed E-state index contributed by atoms with van der Waals surface area (Å²) in [6.07, 6.45) is 4.11. The molecule has 0 aliphatic heterocycles. The fourth-order valence-electron chi connectivity index (χ4n) is 1.97. The molecule has 0 radical (unpaired) electrons. The van der Waals surface area contributed by atoms with Crippen LogP contribution in [0.25, 0.3) is 0 Å². The minimum absolute atomic E-state index is 0.0949. The molecule has 0 aromatic carbocycles. The molecule has 0 amide bonds. The fourth-order valence-corrected chi connectivity index (χ4v) is 2.33. The number of allylic oxidation sites excluding steroid dienone is 4. The maximum absolute atomic E-state index is 11.4. The van der Waals surface area contributed by atoms with Crippen LogP contribution in [0.15, 0.2) is 23.3 Å². The molecular weight excluding hydrogens is 172 g/mol. The molecule has 1 nitrogen and oxygen atoms in total. The van der Waals surface area contributed by atoms with E-state index in [1.165, 1.54) is 11.1 Å². The van der Waals surface area contributed by atoms with Crippen LogP contribution in [0.5, 0.6) is 0 Å². The molecule has 0 heterocycles. The minimum Gasteiger partial charge on any atom is -0.297 e. The Kier molecular flexibility index (Phi) is 1.65. The molecule has 2 heteroatoms. The van der Waals surface area contributed by atoms with Crippen molar-refractivity contribution >= 4 is 17.4 Å². The largest absolute Gasteiger partial charge is 0.297 e. The summed E-state index contributed by atoms with van der Waals surface area (Å²) in [4.78, 5) is 11.4. The van der Waals surface area contributed by atoms with E-state index in [1.807, 2.05) is 19.9 Å². The number of ketones is 1. The van der Waals surface area contributed by atoms with Gasteiger partial charge in [-0.05, 0) is 19.4 Å². The first kappa shape index (κ1) is 8.06. The number of hydrogen-bond donors (Lipinski definition) is 0. The van der Waals surface area contributed by atoms with Crippen molar-refractivity contribution < 1.29 is 4.79 Å². The maximum Gasteiger partial charge on any atom is 0.159 e. The Labute approximate surface area is 77.1 Å². The van der Waals surface area contributed by atoms with Crippen LogP contribution in [0.3, 0.4) is 0 Å². The average molecular weight is 183 g/mol. The zero-order valence-corrected chi connectivity index (χ0v) is 7.93. The number of Topliss-reactive ketones (excluding diaryl/α,β-unsaturated/α-hetero) is 1. The van der Waals surface area contributed by atoms with Gasteiger partial charge in [0.1, 0.15) is 0 Å². The smallest absolute Gasteiger partial charge is 0.159 e. The van der Waals surface area contributed by atoms with Gasteiger partial charge in [0, 0.05) is 5.92 Å². The molecule has 1 fully saturated rings. The molecule has 0 aromatic rings. The molecule has 2 rings (SSSR count). The zero-order chi connectivity index (χ0) is 8.88. The summed E-state index contributed by atoms with van der Waals surface area (Å²) < 4.78 is 0. The summed E-state index contributed by atoms with van der Waals surface area (Å²) in [5, 5.41) is -0.261. The summed E-state index contributed by atoms with van der Waals surface area (Å²) in [5.41, 5.74) is 2.41. The van der Waals surface area contributed by atoms with Crippen LogP contribution >= 0.6 is 11.6 Å². The highest BCUT2D eigenvalue weighted by Gasteiger charge is 2.51. The van der Waals surface area contributed by atoms with Crippen molar-refractivity contribution in [2.75, 3.05) is 0 Å². The average Bonchev–Trinajstić information content (AvgIpc) is 2.43. The van der Waals surface area contributed by atoms with Gasteiger partial charge in [-0.3, -0.25) is 4.79 Å². The molecule has 1 saturated carbocycles. The monoisotopic (exact) mass is 182 g/mol. The van der Waals surface area contributed by atoms with Gasteiger partial charge in [0.15, 0.2) is 5.78 Å². The van der Waals surface area contributed by atoms with Gasteiger partial charge in [-0.15, -0.1) is 11.6 Å². The second kappa shape index (κ2) is 2.46. The lowest BCUT2D eigenvalue weighted by molar-refractivity contribution is -0.129. The molecule has 2 aliphatic carbocycles. The third-order valence-electron chi connectivity index (χ3n) is 2.71. The van der Waals surface area contributed by atoms with E-state index in [2.05, 4.69) is 6.08 Å². The predicted molar refractivity (Wildman–Crippen MR) is 49.1 cm³/mol. The second-order valence-electron chi connectivity index (χ2n) is 3.67. The highest BCUT2D eigenvalue weighted by molar-refractivity contribution is 6.35. The SMILES string of the molecule is CC(C)=C1C=CC2C(Cl)C(=O)C12. The molecule has 0 saturated heterocycles. The van der Waals surface area contributed by atoms with Crippen LogP contribution in [-0.2, 0) is 4.79 Å². The molecule has 3 unspecified atom stereocenters. The Morgan fingerprint density at radius 3 is 2.75 bits per heavy atom. The summed E-state index contributed by atoms with van der Waals surface area (Å²) in [7, 11) is 0. The maximum atomic E-state index is 11.4. The Morgan fingerprint density at radius 1 is 1.50 bits per heavy atom. The highest BCUT2D eigenvalue weighted by Crippen LogP contribution is 2.46. The number of fused-ring (bicyclic) bond motifs is 1. The van der Waals surface area contributed by atoms with E-state index < -0.39 is 0 Å². The molecule has 0 aromatic heterocycles. The van der Waals surface area contributed by atoms with Gasteiger partial charge in [0.05, 0.1) is 11.3 Å². The third-order valence-corrected chi connectivity index (χ3v) is 3.22. The lowest BCUT2D eigenvalue weighted by Gasteiger charge is -2.34. The van der Waals surface area contributed by atoms with E-state index in [0.717, 1.165) is 0 Å². The number of carbonyl (C=O) groups is 1. The van der Waals surface area contributed by atoms with Gasteiger partial charge < -0.3 is 0 Å². The molecule has 2 aliphatic rings. The van der Waals surface area contributed by atoms with E-state index in [9.17, 15) is 4.79 Å². The van der Waals surface area contributed by atoms with Crippen LogP contribution in [0.1, 0.15) is 13.8 Å². The zero-order valence-electron chi connectivity index (χ0n) is 7.17. The van der Waals surface area contributed by atoms with Crippen molar-refractivity contribution in [3.05, 3.63) is 23.3 Å². The van der Waals surface area contributed by atoms with Gasteiger partial charge in [-0.1, -0.05) is 17.7 Å². The Hall–Kier alpha value is -0.560. The quantitative estimate of drug-likeness (QED) is 0.526. The molecule has 64 valence electrons. The van der Waals surface area contributed by atoms with E-state index in [4.69, 9.17) is 11.6 Å². The van der Waals surface area contributed by atoms with Crippen molar-refractivity contribution in [1.29, 1.82) is 0 Å². The summed E-state index contributed by atoms with van der Waals surface area (Å²) in [6.45, 7) is 4.08. The Balaban J connectivity index is 2.33. The first-order valence-corrected chi connectivity index (χ1v) is 4.60. The van der Waals surface area contributed by atoms with Crippen molar-refractivity contribution in [3.8, 4) is 0 Å². The van der Waals surface area contributed by atoms with Crippen molar-refractivity contribution in [2.45, 2.75) is 19.2 Å². The number of rotatable bonds is 0. The van der Waals surface area contributed by atoms with Crippen LogP contribution in [0, 0.1) is 11.8 Å². The van der Waals surface area contributed by atoms with Gasteiger partial charge in [0.25, 0.3) is 0 Å². The van der Waals surface area contributed by atoms with Crippen molar-refractivity contribution in [3.63, 3.8) is 0 Å². The summed E-state index contributed by atoms with van der Waals surface area (Å²) in [6, 6.07) is 0. The van der Waals surface area contributed by atoms with Crippen LogP contribution in [0.2, 0.25) is 0 Å². The Morgan fingerprint density at radius 2 is 2.17 bits per heavy atom. The van der Waals surface area contributed by atoms with Crippen molar-refractivity contribution in [1.82, 2.24) is 0 Å². The molecule has 12 heavy (non-hydrogen) atoms. The lowest BCUT2D eigenvalue weighted by atomic mass is 9.71. The van der Waals surface area contributed by atoms with Gasteiger partial charge in [-0.25, -0.2) is 0 Å². The molecule has 0 spiro atoms. The number of halogens is 1. The standard InChI is InChI=1S/C10H11ClO/c1-5(2)6-3-4-7-8(6)10(12)9(7)11/h3-4,7-9H,1-2H3. The normalized spacial score (nSPS) is 38.1. The number of carbonyl (C=O) groups excluding carboxylic acids is 1. The molecule has 3 atom stereocenters. The van der Waals surface area contributed by atoms with Crippen molar-refractivity contribution in [2.24, 2.45) is 11.8 Å². The molecular formula is C10H11ClO. The second-order valence-corrected chi connectivity index (χ2v) is 4.14. The summed E-state index contributed by atoms with van der Waals surface area (Å²) >= 11 is 5.85. The van der Waals surface area contributed by atoms with E-state index in [0.29, 0.717) is 0 Å². The first-order chi connectivity index (χ1) is 5.63. The predicted octanol–water partition coefficient (Wildman–Crippen LogP) is 2.32. The number of alkyl halides is 1. The summed E-state index contributed by atoms with van der Waals surface area (Å²) in [5.74, 6) is 0.574. The topological polar surface area (TPSA) is 17.1 Å². The number of hydrogen-bond acceptors (Lipinski definition) is 1. The van der Waals surface area contributed by atoms with Gasteiger partial charge >= 0.3 is 0 Å². The van der Waals surface area contributed by atoms with E-state index >= 15 is 0 Å². The van der Waals surface area contributed by atoms with Crippen LogP contribution in [0.4, 0.5) is 0 Å². The third kappa shape index (κ3) is 0.831. The fraction of sp³-hybridized carbons (Fsp3) is 0.500. The minimum atomic E-state index is -0.261.